The van der Waals surface area contributed by atoms with E-state index in [0.29, 0.717) is 30.3 Å². The van der Waals surface area contributed by atoms with E-state index in [1.54, 1.807) is 18.2 Å². The maximum Gasteiger partial charge on any atom is 0.301 e. The van der Waals surface area contributed by atoms with Crippen LogP contribution in [0, 0.1) is 20.2 Å². The summed E-state index contributed by atoms with van der Waals surface area (Å²) in [5, 5.41) is 25.8. The minimum absolute atomic E-state index is 0.0396. The van der Waals surface area contributed by atoms with Gasteiger partial charge in [-0.15, -0.1) is 0 Å². The predicted molar refractivity (Wildman–Crippen MR) is 99.7 cm³/mol. The Bertz CT molecular complexity index is 868. The number of hydrogen-bond acceptors (Lipinski definition) is 8. The van der Waals surface area contributed by atoms with Crippen molar-refractivity contribution in [3.8, 4) is 11.5 Å². The van der Waals surface area contributed by atoms with Gasteiger partial charge in [-0.1, -0.05) is 0 Å². The van der Waals surface area contributed by atoms with Gasteiger partial charge in [-0.05, 0) is 43.7 Å². The maximum atomic E-state index is 11.1. The molecule has 10 heteroatoms. The van der Waals surface area contributed by atoms with Gasteiger partial charge in [0.15, 0.2) is 11.5 Å². The van der Waals surface area contributed by atoms with Crippen LogP contribution in [0.2, 0.25) is 0 Å². The van der Waals surface area contributed by atoms with Crippen LogP contribution in [0.5, 0.6) is 11.5 Å². The molecule has 0 aliphatic rings. The van der Waals surface area contributed by atoms with Crippen LogP contribution in [-0.4, -0.2) is 29.3 Å². The van der Waals surface area contributed by atoms with Crippen molar-refractivity contribution in [3.63, 3.8) is 0 Å². The fourth-order valence-electron chi connectivity index (χ4n) is 2.20. The third kappa shape index (κ3) is 5.14. The van der Waals surface area contributed by atoms with E-state index in [0.717, 1.165) is 12.1 Å². The molecule has 0 bridgehead atoms. The molecule has 0 aliphatic heterocycles. The number of hydrazone groups is 1. The van der Waals surface area contributed by atoms with E-state index in [2.05, 4.69) is 10.5 Å². The summed E-state index contributed by atoms with van der Waals surface area (Å²) in [5.41, 5.74) is 2.44. The molecule has 2 aromatic rings. The highest BCUT2D eigenvalue weighted by atomic mass is 16.6. The Morgan fingerprint density at radius 1 is 1.00 bits per heavy atom. The quantitative estimate of drug-likeness (QED) is 0.402. The summed E-state index contributed by atoms with van der Waals surface area (Å²) in [6, 6.07) is 8.49. The zero-order valence-corrected chi connectivity index (χ0v) is 14.7. The summed E-state index contributed by atoms with van der Waals surface area (Å²) < 4.78 is 11.0. The van der Waals surface area contributed by atoms with Gasteiger partial charge >= 0.3 is 5.69 Å². The summed E-state index contributed by atoms with van der Waals surface area (Å²) in [7, 11) is 0. The predicted octanol–water partition coefficient (Wildman–Crippen LogP) is 3.75. The van der Waals surface area contributed by atoms with Crippen LogP contribution >= 0.6 is 0 Å². The molecule has 0 spiro atoms. The van der Waals surface area contributed by atoms with Crippen molar-refractivity contribution in [1.29, 1.82) is 0 Å². The van der Waals surface area contributed by atoms with Gasteiger partial charge in [0.2, 0.25) is 0 Å². The zero-order valence-electron chi connectivity index (χ0n) is 14.7. The molecule has 0 unspecified atom stereocenters. The lowest BCUT2D eigenvalue weighted by atomic mass is 10.2. The minimum atomic E-state index is -0.713. The fourth-order valence-corrected chi connectivity index (χ4v) is 2.20. The monoisotopic (exact) mass is 374 g/mol. The topological polar surface area (TPSA) is 129 Å². The Kier molecular flexibility index (Phi) is 6.64. The van der Waals surface area contributed by atoms with Gasteiger partial charge in [0.1, 0.15) is 5.69 Å². The molecule has 0 radical (unpaired) electrons. The van der Waals surface area contributed by atoms with Gasteiger partial charge in [0.05, 0.1) is 35.3 Å². The van der Waals surface area contributed by atoms with Crippen molar-refractivity contribution < 1.29 is 19.3 Å². The summed E-state index contributed by atoms with van der Waals surface area (Å²) in [6.45, 7) is 4.69. The molecule has 2 rings (SSSR count). The van der Waals surface area contributed by atoms with Crippen molar-refractivity contribution in [2.75, 3.05) is 18.6 Å². The molecule has 10 nitrogen and oxygen atoms in total. The summed E-state index contributed by atoms with van der Waals surface area (Å²) in [4.78, 5) is 20.4. The highest BCUT2D eigenvalue weighted by Crippen LogP contribution is 2.30. The number of nitrogens with one attached hydrogen (secondary N) is 1. The van der Waals surface area contributed by atoms with Crippen LogP contribution in [0.3, 0.4) is 0 Å². The number of hydrogen-bond donors (Lipinski definition) is 1. The zero-order chi connectivity index (χ0) is 19.8. The first-order valence-electron chi connectivity index (χ1n) is 8.07. The van der Waals surface area contributed by atoms with Crippen LogP contribution in [0.25, 0.3) is 0 Å². The standard InChI is InChI=1S/C17H18N4O6/c1-3-26-16-8-5-12(9-17(16)27-4-2)11-18-19-14-7-6-13(20(22)23)10-15(14)21(24)25/h5-11,19H,3-4H2,1-2H3/b18-11+. The minimum Gasteiger partial charge on any atom is -0.490 e. The third-order valence-corrected chi connectivity index (χ3v) is 3.35. The van der Waals surface area contributed by atoms with Gasteiger partial charge in [0, 0.05) is 6.07 Å². The average molecular weight is 374 g/mol. The Balaban J connectivity index is 2.21. The van der Waals surface area contributed by atoms with Crippen molar-refractivity contribution in [2.24, 2.45) is 5.10 Å². The van der Waals surface area contributed by atoms with Crippen LogP contribution in [0.4, 0.5) is 17.1 Å². The lowest BCUT2D eigenvalue weighted by Gasteiger charge is -2.11. The van der Waals surface area contributed by atoms with Gasteiger partial charge in [-0.2, -0.15) is 5.10 Å². The number of rotatable bonds is 9. The molecule has 0 aliphatic carbocycles. The summed E-state index contributed by atoms with van der Waals surface area (Å²) in [5.74, 6) is 1.17. The third-order valence-electron chi connectivity index (χ3n) is 3.35. The molecule has 0 saturated heterocycles. The van der Waals surface area contributed by atoms with E-state index in [1.807, 2.05) is 13.8 Å². The normalized spacial score (nSPS) is 10.6. The Labute approximate surface area is 154 Å². The number of non-ortho nitro benzene ring substituents is 1. The molecule has 0 aromatic heterocycles. The second-order valence-corrected chi connectivity index (χ2v) is 5.16. The van der Waals surface area contributed by atoms with Crippen LogP contribution < -0.4 is 14.9 Å². The van der Waals surface area contributed by atoms with Crippen LogP contribution in [-0.2, 0) is 0 Å². The first kappa shape index (κ1) is 19.6. The maximum absolute atomic E-state index is 11.1. The molecule has 0 fully saturated rings. The molecule has 0 atom stereocenters. The molecule has 0 saturated carbocycles. The molecular weight excluding hydrogens is 356 g/mol. The van der Waals surface area contributed by atoms with Crippen LogP contribution in [0.15, 0.2) is 41.5 Å². The largest absolute Gasteiger partial charge is 0.490 e. The molecule has 0 heterocycles. The Morgan fingerprint density at radius 2 is 1.70 bits per heavy atom. The second-order valence-electron chi connectivity index (χ2n) is 5.16. The summed E-state index contributed by atoms with van der Waals surface area (Å²) in [6.07, 6.45) is 1.45. The summed E-state index contributed by atoms with van der Waals surface area (Å²) >= 11 is 0. The lowest BCUT2D eigenvalue weighted by Crippen LogP contribution is -2.00. The Hall–Kier alpha value is -3.69. The van der Waals surface area contributed by atoms with Gasteiger partial charge in [-0.25, -0.2) is 0 Å². The number of benzene rings is 2. The van der Waals surface area contributed by atoms with E-state index in [-0.39, 0.29) is 11.4 Å². The molecule has 2 aromatic carbocycles. The van der Waals surface area contributed by atoms with E-state index < -0.39 is 15.5 Å². The average Bonchev–Trinajstić information content (AvgIpc) is 2.64. The van der Waals surface area contributed by atoms with Crippen molar-refractivity contribution in [1.82, 2.24) is 0 Å². The van der Waals surface area contributed by atoms with E-state index in [9.17, 15) is 20.2 Å². The number of nitrogens with zero attached hydrogens (tertiary/aromatic N) is 3. The number of nitro benzene ring substituents is 2. The fraction of sp³-hybridized carbons (Fsp3) is 0.235. The van der Waals surface area contributed by atoms with Crippen molar-refractivity contribution in [2.45, 2.75) is 13.8 Å². The van der Waals surface area contributed by atoms with Crippen LogP contribution in [0.1, 0.15) is 19.4 Å². The first-order valence-corrected chi connectivity index (χ1v) is 8.07. The van der Waals surface area contributed by atoms with E-state index in [1.165, 1.54) is 12.3 Å². The highest BCUT2D eigenvalue weighted by molar-refractivity contribution is 5.82. The second kappa shape index (κ2) is 9.13. The van der Waals surface area contributed by atoms with E-state index in [4.69, 9.17) is 9.47 Å². The van der Waals surface area contributed by atoms with E-state index >= 15 is 0 Å². The molecule has 1 N–H and O–H groups in total. The van der Waals surface area contributed by atoms with Crippen molar-refractivity contribution in [3.05, 3.63) is 62.2 Å². The number of anilines is 1. The first-order chi connectivity index (χ1) is 13.0. The van der Waals surface area contributed by atoms with Crippen molar-refractivity contribution >= 4 is 23.3 Å². The van der Waals surface area contributed by atoms with Gasteiger partial charge in [-0.3, -0.25) is 25.7 Å². The SMILES string of the molecule is CCOc1ccc(/C=N/Nc2ccc([N+](=O)[O-])cc2[N+](=O)[O-])cc1OCC. The lowest BCUT2D eigenvalue weighted by molar-refractivity contribution is -0.393. The van der Waals surface area contributed by atoms with Gasteiger partial charge < -0.3 is 9.47 Å². The smallest absolute Gasteiger partial charge is 0.301 e. The molecule has 0 amide bonds. The highest BCUT2D eigenvalue weighted by Gasteiger charge is 2.19. The molecular formula is C17H18N4O6. The molecule has 27 heavy (non-hydrogen) atoms. The number of nitro groups is 2. The number of ether oxygens (including phenoxy) is 2. The Morgan fingerprint density at radius 3 is 2.33 bits per heavy atom. The van der Waals surface area contributed by atoms with Gasteiger partial charge in [0.25, 0.3) is 5.69 Å². The molecule has 142 valence electrons.